The molecule has 11 nitrogen and oxygen atoms in total. The molecule has 0 aliphatic rings. The zero-order valence-corrected chi connectivity index (χ0v) is 10.4. The van der Waals surface area contributed by atoms with Gasteiger partial charge in [0.25, 0.3) is 0 Å². The van der Waals surface area contributed by atoms with E-state index in [1.165, 1.54) is 0 Å². The van der Waals surface area contributed by atoms with Crippen LogP contribution >= 0.6 is 15.6 Å². The molecule has 0 aromatic rings. The molecule has 0 amide bonds. The van der Waals surface area contributed by atoms with Crippen LogP contribution in [0.4, 0.5) is 0 Å². The largest absolute Gasteiger partial charge is 0.470 e. The lowest BCUT2D eigenvalue weighted by molar-refractivity contribution is -0.127. The van der Waals surface area contributed by atoms with E-state index in [1.54, 1.807) is 0 Å². The van der Waals surface area contributed by atoms with Gasteiger partial charge >= 0.3 is 15.6 Å². The molecule has 0 unspecified atom stereocenters. The maximum Gasteiger partial charge on any atom is 0.470 e. The number of hydrogen-bond donors (Lipinski definition) is 6. The maximum atomic E-state index is 10.5. The fourth-order valence-electron chi connectivity index (χ4n) is 0.839. The molecular weight excluding hydrogens is 298 g/mol. The molecule has 0 rings (SSSR count). The second kappa shape index (κ2) is 6.83. The van der Waals surface area contributed by atoms with Gasteiger partial charge in [0.1, 0.15) is 18.3 Å². The third kappa shape index (κ3) is 8.01. The minimum atomic E-state index is -5.13. The van der Waals surface area contributed by atoms with Crippen molar-refractivity contribution < 1.29 is 52.8 Å². The normalized spacial score (nSPS) is 18.1. The van der Waals surface area contributed by atoms with E-state index in [2.05, 4.69) is 9.05 Å². The fourth-order valence-corrected chi connectivity index (χ4v) is 1.72. The monoisotopic (exact) mass is 310 g/mol. The predicted octanol–water partition coefficient (Wildman–Crippen LogP) is -2.51. The summed E-state index contributed by atoms with van der Waals surface area (Å²) in [5.74, 6) is 0. The summed E-state index contributed by atoms with van der Waals surface area (Å²) in [7, 11) is -10.1. The van der Waals surface area contributed by atoms with Crippen LogP contribution in [0.5, 0.6) is 0 Å². The number of rotatable bonds is 8. The number of aliphatic hydroxyl groups excluding tert-OH is 2. The van der Waals surface area contributed by atoms with Gasteiger partial charge in [-0.15, -0.1) is 0 Å². The molecule has 0 fully saturated rings. The molecule has 6 N–H and O–H groups in total. The van der Waals surface area contributed by atoms with E-state index in [0.717, 1.165) is 0 Å². The van der Waals surface area contributed by atoms with E-state index in [-0.39, 0.29) is 6.29 Å². The van der Waals surface area contributed by atoms with Gasteiger partial charge in [-0.05, 0) is 0 Å². The molecular formula is C5H12O11P2. The molecule has 0 heterocycles. The number of aldehydes is 1. The first-order chi connectivity index (χ1) is 7.96. The van der Waals surface area contributed by atoms with Gasteiger partial charge in [0.15, 0.2) is 6.29 Å². The van der Waals surface area contributed by atoms with Crippen molar-refractivity contribution in [2.45, 2.75) is 18.3 Å². The Kier molecular flexibility index (Phi) is 6.75. The Morgan fingerprint density at radius 1 is 1.06 bits per heavy atom. The average molecular weight is 310 g/mol. The highest BCUT2D eigenvalue weighted by atomic mass is 31.2. The smallest absolute Gasteiger partial charge is 0.387 e. The van der Waals surface area contributed by atoms with Gasteiger partial charge in [0, 0.05) is 0 Å². The molecule has 0 aliphatic carbocycles. The molecule has 3 atom stereocenters. The van der Waals surface area contributed by atoms with Crippen LogP contribution in [-0.2, 0) is 23.0 Å². The van der Waals surface area contributed by atoms with Crippen LogP contribution in [0, 0.1) is 0 Å². The Hall–Kier alpha value is -0.190. The number of phosphoric ester groups is 2. The Balaban J connectivity index is 4.77. The Morgan fingerprint density at radius 2 is 1.56 bits per heavy atom. The lowest BCUT2D eigenvalue weighted by atomic mass is 10.1. The number of carbonyl (C=O) groups excluding carboxylic acids is 1. The van der Waals surface area contributed by atoms with E-state index in [4.69, 9.17) is 24.7 Å². The number of hydrogen-bond acceptors (Lipinski definition) is 7. The van der Waals surface area contributed by atoms with Crippen molar-refractivity contribution >= 4 is 21.9 Å². The summed E-state index contributed by atoms with van der Waals surface area (Å²) >= 11 is 0. The van der Waals surface area contributed by atoms with Gasteiger partial charge in [0.2, 0.25) is 0 Å². The first-order valence-electron chi connectivity index (χ1n) is 4.22. The van der Waals surface area contributed by atoms with Crippen LogP contribution in [0.1, 0.15) is 0 Å². The molecule has 0 bridgehead atoms. The molecule has 0 radical (unpaired) electrons. The van der Waals surface area contributed by atoms with Crippen LogP contribution < -0.4 is 0 Å². The summed E-state index contributed by atoms with van der Waals surface area (Å²) in [4.78, 5) is 43.9. The Bertz CT molecular complexity index is 356. The molecule has 0 aliphatic heterocycles. The highest BCUT2D eigenvalue weighted by Crippen LogP contribution is 2.41. The van der Waals surface area contributed by atoms with Crippen LogP contribution in [-0.4, -0.2) is 61.0 Å². The van der Waals surface area contributed by atoms with E-state index in [9.17, 15) is 19.0 Å². The summed E-state index contributed by atoms with van der Waals surface area (Å²) < 4.78 is 28.7. The van der Waals surface area contributed by atoms with Crippen molar-refractivity contribution in [3.05, 3.63) is 0 Å². The third-order valence-electron chi connectivity index (χ3n) is 1.55. The van der Waals surface area contributed by atoms with Gasteiger partial charge in [-0.1, -0.05) is 0 Å². The van der Waals surface area contributed by atoms with Crippen molar-refractivity contribution in [1.82, 2.24) is 0 Å². The van der Waals surface area contributed by atoms with Crippen molar-refractivity contribution in [3.63, 3.8) is 0 Å². The van der Waals surface area contributed by atoms with Crippen LogP contribution in [0.15, 0.2) is 0 Å². The number of carbonyl (C=O) groups is 1. The molecule has 0 aromatic heterocycles. The van der Waals surface area contributed by atoms with E-state index >= 15 is 0 Å². The zero-order chi connectivity index (χ0) is 14.6. The minimum absolute atomic E-state index is 0.155. The van der Waals surface area contributed by atoms with E-state index in [1.807, 2.05) is 0 Å². The highest BCUT2D eigenvalue weighted by Gasteiger charge is 2.34. The zero-order valence-electron chi connectivity index (χ0n) is 8.64. The predicted molar refractivity (Wildman–Crippen MR) is 53.0 cm³/mol. The van der Waals surface area contributed by atoms with E-state index in [0.29, 0.717) is 0 Å². The standard InChI is InChI=1S/C5H12O11P2/c6-1-3(7)5(8)4(16-18(12,13)14)2-15-17(9,10)11/h1,3-5,7-8H,2H2,(H2,9,10,11)(H2,12,13,14)/t3-,4+,5-/m0/s1. The molecule has 0 aromatic carbocycles. The van der Waals surface area contributed by atoms with Gasteiger partial charge < -0.3 is 34.6 Å². The van der Waals surface area contributed by atoms with Gasteiger partial charge in [0.05, 0.1) is 6.61 Å². The maximum absolute atomic E-state index is 10.5. The lowest BCUT2D eigenvalue weighted by Crippen LogP contribution is -2.42. The van der Waals surface area contributed by atoms with E-state index < -0.39 is 40.6 Å². The summed E-state index contributed by atoms with van der Waals surface area (Å²) in [6.07, 6.45) is -6.37. The quantitative estimate of drug-likeness (QED) is 0.205. The Labute approximate surface area is 100 Å². The second-order valence-corrected chi connectivity index (χ2v) is 5.47. The second-order valence-electron chi connectivity index (χ2n) is 3.04. The van der Waals surface area contributed by atoms with Crippen molar-refractivity contribution in [2.75, 3.05) is 6.61 Å². The molecule has 13 heteroatoms. The highest BCUT2D eigenvalue weighted by molar-refractivity contribution is 7.46. The summed E-state index contributed by atoms with van der Waals surface area (Å²) in [6.45, 7) is -1.15. The average Bonchev–Trinajstić information content (AvgIpc) is 2.19. The topological polar surface area (TPSA) is 191 Å². The molecule has 18 heavy (non-hydrogen) atoms. The third-order valence-corrected chi connectivity index (χ3v) is 2.58. The first-order valence-corrected chi connectivity index (χ1v) is 7.28. The molecule has 0 spiro atoms. The SMILES string of the molecule is O=C[C@H](O)[C@H](O)[C@@H](COP(=O)(O)O)OP(=O)(O)O. The lowest BCUT2D eigenvalue weighted by Gasteiger charge is -2.24. The minimum Gasteiger partial charge on any atom is -0.387 e. The van der Waals surface area contributed by atoms with Gasteiger partial charge in [-0.25, -0.2) is 9.13 Å². The Morgan fingerprint density at radius 3 is 1.89 bits per heavy atom. The van der Waals surface area contributed by atoms with Crippen molar-refractivity contribution in [1.29, 1.82) is 0 Å². The molecule has 0 saturated heterocycles. The summed E-state index contributed by atoms with van der Waals surface area (Å²) in [6, 6.07) is 0. The van der Waals surface area contributed by atoms with Gasteiger partial charge in [-0.3, -0.25) is 9.05 Å². The first kappa shape index (κ1) is 17.8. The molecule has 108 valence electrons. The van der Waals surface area contributed by atoms with Crippen molar-refractivity contribution in [2.24, 2.45) is 0 Å². The van der Waals surface area contributed by atoms with Crippen molar-refractivity contribution in [3.8, 4) is 0 Å². The summed E-state index contributed by atoms with van der Waals surface area (Å²) in [5, 5.41) is 18.2. The number of aliphatic hydroxyl groups is 2. The fraction of sp³-hybridized carbons (Fsp3) is 0.800. The molecule has 0 saturated carbocycles. The van der Waals surface area contributed by atoms with Gasteiger partial charge in [-0.2, -0.15) is 0 Å². The van der Waals surface area contributed by atoms with Crippen LogP contribution in [0.25, 0.3) is 0 Å². The summed E-state index contributed by atoms with van der Waals surface area (Å²) in [5.41, 5.74) is 0. The van der Waals surface area contributed by atoms with Crippen LogP contribution in [0.3, 0.4) is 0 Å². The van der Waals surface area contributed by atoms with Crippen LogP contribution in [0.2, 0.25) is 0 Å². The number of phosphoric acid groups is 2.